The second-order valence-corrected chi connectivity index (χ2v) is 11.4. The highest BCUT2D eigenvalue weighted by Gasteiger charge is 2.33. The number of rotatable bonds is 6. The smallest absolute Gasteiger partial charge is 0.270 e. The molecule has 40 heavy (non-hydrogen) atoms. The molecule has 1 aromatic carbocycles. The number of hydrogen-bond donors (Lipinski definition) is 3. The molecule has 1 amide bonds. The molecule has 2 aliphatic heterocycles. The molecule has 208 valence electrons. The van der Waals surface area contributed by atoms with Gasteiger partial charge in [-0.05, 0) is 44.2 Å². The summed E-state index contributed by atoms with van der Waals surface area (Å²) in [7, 11) is 0. The number of halogens is 1. The molecule has 4 N–H and O–H groups in total. The first-order chi connectivity index (χ1) is 19.2. The number of nitrogens with two attached hydrogens (primary N) is 1. The molecule has 0 saturated carbocycles. The van der Waals surface area contributed by atoms with E-state index in [0.29, 0.717) is 47.6 Å². The minimum Gasteiger partial charge on any atom is -0.493 e. The van der Waals surface area contributed by atoms with Gasteiger partial charge in [0, 0.05) is 31.0 Å². The van der Waals surface area contributed by atoms with E-state index < -0.39 is 22.9 Å². The van der Waals surface area contributed by atoms with Gasteiger partial charge >= 0.3 is 0 Å². The Morgan fingerprint density at radius 2 is 2.05 bits per heavy atom. The van der Waals surface area contributed by atoms with Crippen LogP contribution in [0.5, 0.6) is 5.88 Å². The number of piperidine rings is 1. The number of carbonyl (C=O) groups excluding carboxylic acids is 1. The Kier molecular flexibility index (Phi) is 7.87. The number of aryl methyl sites for hydroxylation is 1. The molecule has 0 spiro atoms. The number of nitrogen functional groups attached to an aromatic ring is 1. The molecule has 3 aromatic rings. The number of hydrogen-bond acceptors (Lipinski definition) is 10. The number of amides is 1. The Hall–Kier alpha value is -3.82. The van der Waals surface area contributed by atoms with Crippen LogP contribution in [0.2, 0.25) is 5.02 Å². The van der Waals surface area contributed by atoms with Gasteiger partial charge in [-0.3, -0.25) is 14.2 Å². The van der Waals surface area contributed by atoms with Crippen LogP contribution in [0, 0.1) is 16.7 Å². The van der Waals surface area contributed by atoms with Crippen LogP contribution in [0.15, 0.2) is 39.1 Å². The van der Waals surface area contributed by atoms with Crippen LogP contribution in [0.4, 0.5) is 17.3 Å². The maximum Gasteiger partial charge on any atom is 0.270 e. The molecule has 1 fully saturated rings. The summed E-state index contributed by atoms with van der Waals surface area (Å²) in [5, 5.41) is 23.2. The quantitative estimate of drug-likeness (QED) is 0.384. The third-order valence-corrected chi connectivity index (χ3v) is 9.20. The molecule has 13 heteroatoms. The molecule has 1 saturated heterocycles. The largest absolute Gasteiger partial charge is 0.493 e. The predicted octanol–water partition coefficient (Wildman–Crippen LogP) is 4.23. The van der Waals surface area contributed by atoms with Gasteiger partial charge < -0.3 is 21.1 Å². The van der Waals surface area contributed by atoms with Crippen LogP contribution >= 0.6 is 23.4 Å². The van der Waals surface area contributed by atoms with Crippen molar-refractivity contribution in [1.29, 1.82) is 5.26 Å². The topological polar surface area (TPSA) is 163 Å². The fourth-order valence-electron chi connectivity index (χ4n) is 5.06. The van der Waals surface area contributed by atoms with Crippen molar-refractivity contribution in [2.75, 3.05) is 29.0 Å². The number of aromatic nitrogens is 4. The van der Waals surface area contributed by atoms with E-state index in [1.165, 1.54) is 16.3 Å². The molecule has 4 heterocycles. The molecule has 5 rings (SSSR count). The number of nitrogens with zero attached hydrogens (tertiary/aromatic N) is 6. The summed E-state index contributed by atoms with van der Waals surface area (Å²) in [5.41, 5.74) is 5.23. The molecule has 0 unspecified atom stereocenters. The van der Waals surface area contributed by atoms with Crippen LogP contribution < -0.4 is 21.5 Å². The molecule has 2 aliphatic rings. The highest BCUT2D eigenvalue weighted by molar-refractivity contribution is 7.99. The van der Waals surface area contributed by atoms with Crippen molar-refractivity contribution in [2.24, 2.45) is 5.41 Å². The number of benzene rings is 1. The summed E-state index contributed by atoms with van der Waals surface area (Å²) in [6.45, 7) is 3.90. The van der Waals surface area contributed by atoms with Gasteiger partial charge in [-0.2, -0.15) is 10.2 Å². The summed E-state index contributed by atoms with van der Waals surface area (Å²) in [6, 6.07) is 7.52. The van der Waals surface area contributed by atoms with Crippen LogP contribution in [0.25, 0.3) is 0 Å². The fraction of sp³-hybridized carbons (Fsp3) is 0.407. The average Bonchev–Trinajstić information content (AvgIpc) is 2.96. The van der Waals surface area contributed by atoms with Crippen LogP contribution in [0.3, 0.4) is 0 Å². The van der Waals surface area contributed by atoms with Crippen molar-refractivity contribution in [3.8, 4) is 11.9 Å². The lowest BCUT2D eigenvalue weighted by Crippen LogP contribution is -2.39. The Labute approximate surface area is 240 Å². The number of fused-ring (bicyclic) bond motifs is 1. The van der Waals surface area contributed by atoms with Crippen LogP contribution in [-0.2, 0) is 13.0 Å². The third-order valence-electron chi connectivity index (χ3n) is 7.62. The molecule has 0 bridgehead atoms. The maximum atomic E-state index is 13.0. The second-order valence-electron chi connectivity index (χ2n) is 9.97. The summed E-state index contributed by atoms with van der Waals surface area (Å²) in [5.74, 6) is -0.0289. The van der Waals surface area contributed by atoms with E-state index in [0.717, 1.165) is 32.1 Å². The van der Waals surface area contributed by atoms with Crippen molar-refractivity contribution in [3.63, 3.8) is 0 Å². The van der Waals surface area contributed by atoms with Crippen molar-refractivity contribution < 1.29 is 9.90 Å². The lowest BCUT2D eigenvalue weighted by Gasteiger charge is -2.37. The van der Waals surface area contributed by atoms with E-state index in [9.17, 15) is 20.0 Å². The van der Waals surface area contributed by atoms with E-state index in [4.69, 9.17) is 17.3 Å². The zero-order valence-corrected chi connectivity index (χ0v) is 23.6. The van der Waals surface area contributed by atoms with Gasteiger partial charge in [-0.15, -0.1) is 0 Å². The molecule has 0 radical (unpaired) electrons. The number of nitrogens with one attached hydrogen (secondary N) is 1. The highest BCUT2D eigenvalue weighted by atomic mass is 35.5. The van der Waals surface area contributed by atoms with Gasteiger partial charge in [0.05, 0.1) is 28.4 Å². The van der Waals surface area contributed by atoms with Crippen molar-refractivity contribution in [1.82, 2.24) is 19.5 Å². The normalized spacial score (nSPS) is 16.2. The lowest BCUT2D eigenvalue weighted by atomic mass is 9.78. The molecular weight excluding hydrogens is 552 g/mol. The number of carbonyl (C=O) groups is 1. The van der Waals surface area contributed by atoms with Gasteiger partial charge in [0.25, 0.3) is 11.5 Å². The van der Waals surface area contributed by atoms with Gasteiger partial charge in [-0.25, -0.2) is 9.97 Å². The number of nitriles is 1. The lowest BCUT2D eigenvalue weighted by molar-refractivity contribution is 0.102. The molecule has 0 aliphatic carbocycles. The van der Waals surface area contributed by atoms with E-state index in [1.54, 1.807) is 24.4 Å². The zero-order chi connectivity index (χ0) is 28.4. The highest BCUT2D eigenvalue weighted by Crippen LogP contribution is 2.40. The summed E-state index contributed by atoms with van der Waals surface area (Å²) < 4.78 is 1.44. The van der Waals surface area contributed by atoms with Crippen molar-refractivity contribution >= 4 is 46.6 Å². The first-order valence-corrected chi connectivity index (χ1v) is 14.3. The molecule has 2 aromatic heterocycles. The van der Waals surface area contributed by atoms with Crippen molar-refractivity contribution in [3.05, 3.63) is 51.2 Å². The monoisotopic (exact) mass is 580 g/mol. The van der Waals surface area contributed by atoms with E-state index in [-0.39, 0.29) is 21.9 Å². The zero-order valence-electron chi connectivity index (χ0n) is 22.0. The minimum absolute atomic E-state index is 0.222. The van der Waals surface area contributed by atoms with E-state index in [1.807, 2.05) is 6.92 Å². The van der Waals surface area contributed by atoms with Gasteiger partial charge in [-0.1, -0.05) is 36.4 Å². The minimum atomic E-state index is -0.798. The molecule has 0 atom stereocenters. The standard InChI is InChI=1S/C27H29ClN8O3S/c1-2-27(15-29)9-12-35(13-10-27)19-14-31-25(22(30)33-19)40-17-7-5-6-16(21(17)28)32-23(37)20-24(38)34-18-8-3-4-11-36(18)26(20)39/h5-7,14,38H,2-4,8-13H2,1H3,(H2,30,33)(H,32,37). The van der Waals surface area contributed by atoms with Gasteiger partial charge in [0.1, 0.15) is 16.7 Å². The Morgan fingerprint density at radius 1 is 1.27 bits per heavy atom. The SMILES string of the molecule is CCC1(C#N)CCN(c2cnc(Sc3cccc(NC(=O)c4c(O)nc5n(c4=O)CCCC5)c3Cl)c(N)n2)CC1. The van der Waals surface area contributed by atoms with Gasteiger partial charge in [0.2, 0.25) is 5.88 Å². The average molecular weight is 581 g/mol. The molecular formula is C27H29ClN8O3S. The number of anilines is 3. The second kappa shape index (κ2) is 11.3. The predicted molar refractivity (Wildman–Crippen MR) is 153 cm³/mol. The Morgan fingerprint density at radius 3 is 2.75 bits per heavy atom. The fourth-order valence-corrected chi connectivity index (χ4v) is 6.16. The summed E-state index contributed by atoms with van der Waals surface area (Å²) in [4.78, 5) is 41.7. The Bertz CT molecular complexity index is 1560. The number of aromatic hydroxyl groups is 1. The molecule has 11 nitrogen and oxygen atoms in total. The summed E-state index contributed by atoms with van der Waals surface area (Å²) >= 11 is 7.82. The first-order valence-electron chi connectivity index (χ1n) is 13.1. The van der Waals surface area contributed by atoms with Crippen LogP contribution in [0.1, 0.15) is 55.2 Å². The maximum absolute atomic E-state index is 13.0. The van der Waals surface area contributed by atoms with Crippen LogP contribution in [-0.4, -0.2) is 43.6 Å². The van der Waals surface area contributed by atoms with E-state index >= 15 is 0 Å². The van der Waals surface area contributed by atoms with Crippen molar-refractivity contribution in [2.45, 2.75) is 61.9 Å². The Balaban J connectivity index is 1.32. The van der Waals surface area contributed by atoms with E-state index in [2.05, 4.69) is 31.2 Å². The third kappa shape index (κ3) is 5.31. The summed E-state index contributed by atoms with van der Waals surface area (Å²) in [6.07, 6.45) is 6.25. The van der Waals surface area contributed by atoms with Gasteiger partial charge in [0.15, 0.2) is 11.4 Å². The first kappa shape index (κ1) is 27.7.